The molecule has 3 amide bonds. The number of halogens is 1. The van der Waals surface area contributed by atoms with Gasteiger partial charge in [-0.1, -0.05) is 17.2 Å². The molecule has 0 fully saturated rings. The van der Waals surface area contributed by atoms with Crippen molar-refractivity contribution in [2.75, 3.05) is 5.32 Å². The molecule has 0 aliphatic rings. The van der Waals surface area contributed by atoms with Gasteiger partial charge in [-0.2, -0.15) is 0 Å². The molecule has 0 saturated heterocycles. The number of carbonyl (C=O) groups is 3. The van der Waals surface area contributed by atoms with E-state index in [-0.39, 0.29) is 11.8 Å². The van der Waals surface area contributed by atoms with Gasteiger partial charge in [0.15, 0.2) is 0 Å². The highest BCUT2D eigenvalue weighted by molar-refractivity contribution is 9.10. The van der Waals surface area contributed by atoms with E-state index in [1.165, 1.54) is 11.9 Å². The van der Waals surface area contributed by atoms with Crippen molar-refractivity contribution in [2.24, 2.45) is 0 Å². The lowest BCUT2D eigenvalue weighted by Crippen LogP contribution is -2.55. The third-order valence-corrected chi connectivity index (χ3v) is 4.75. The molecule has 154 valence electrons. The molecule has 0 radical (unpaired) electrons. The van der Waals surface area contributed by atoms with Crippen LogP contribution in [0.4, 0.5) is 5.69 Å². The highest BCUT2D eigenvalue weighted by Crippen LogP contribution is 2.24. The molecule has 0 aliphatic heterocycles. The summed E-state index contributed by atoms with van der Waals surface area (Å²) in [5.41, 5.74) is 5.48. The summed E-state index contributed by atoms with van der Waals surface area (Å²) in [6.45, 7) is 10.8. The average Bonchev–Trinajstić information content (AvgIpc) is 2.58. The minimum atomic E-state index is -0.641. The fraction of sp³-hybridized carbons (Fsp3) is 0.318. The van der Waals surface area contributed by atoms with Crippen LogP contribution in [0.15, 0.2) is 40.9 Å². The van der Waals surface area contributed by atoms with Gasteiger partial charge in [-0.15, -0.1) is 0 Å². The third-order valence-electron chi connectivity index (χ3n) is 4.10. The number of hydrogen-bond acceptors (Lipinski definition) is 3. The predicted molar refractivity (Wildman–Crippen MR) is 118 cm³/mol. The maximum Gasteiger partial charge on any atom is 0.272 e. The molecule has 2 rings (SSSR count). The standard InChI is InChI=1S/C22H26BrN3O3/c1-13-9-14(2)11-17(10-13)21(29)26(22(4,5)6)25-20(28)16-7-8-19(18(23)12-16)24-15(3)27/h7-12H,1-6H3,(H,24,27)(H,25,28). The summed E-state index contributed by atoms with van der Waals surface area (Å²) in [6, 6.07) is 10.4. The summed E-state index contributed by atoms with van der Waals surface area (Å²) < 4.78 is 0.572. The van der Waals surface area contributed by atoms with Crippen LogP contribution >= 0.6 is 15.9 Å². The monoisotopic (exact) mass is 459 g/mol. The van der Waals surface area contributed by atoms with E-state index >= 15 is 0 Å². The van der Waals surface area contributed by atoms with E-state index in [0.29, 0.717) is 21.3 Å². The Bertz CT molecular complexity index is 944. The van der Waals surface area contributed by atoms with Crippen LogP contribution in [0, 0.1) is 13.8 Å². The van der Waals surface area contributed by atoms with Crippen LogP contribution in [0.2, 0.25) is 0 Å². The molecule has 0 aliphatic carbocycles. The Kier molecular flexibility index (Phi) is 6.85. The predicted octanol–water partition coefficient (Wildman–Crippen LogP) is 4.61. The lowest BCUT2D eigenvalue weighted by Gasteiger charge is -2.35. The Morgan fingerprint density at radius 2 is 1.52 bits per heavy atom. The first kappa shape index (κ1) is 22.6. The molecule has 6 nitrogen and oxygen atoms in total. The fourth-order valence-corrected chi connectivity index (χ4v) is 3.34. The Balaban J connectivity index is 2.31. The Labute approximate surface area is 179 Å². The molecule has 0 atom stereocenters. The summed E-state index contributed by atoms with van der Waals surface area (Å²) in [7, 11) is 0. The second-order valence-corrected chi connectivity index (χ2v) is 8.86. The first-order valence-electron chi connectivity index (χ1n) is 9.19. The number of amides is 3. The Morgan fingerprint density at radius 1 is 0.931 bits per heavy atom. The van der Waals surface area contributed by atoms with Crippen LogP contribution in [0.25, 0.3) is 0 Å². The van der Waals surface area contributed by atoms with Crippen LogP contribution in [-0.2, 0) is 4.79 Å². The van der Waals surface area contributed by atoms with Crippen molar-refractivity contribution in [2.45, 2.75) is 47.1 Å². The minimum Gasteiger partial charge on any atom is -0.325 e. The summed E-state index contributed by atoms with van der Waals surface area (Å²) in [5.74, 6) is -0.917. The van der Waals surface area contributed by atoms with Crippen molar-refractivity contribution in [3.05, 3.63) is 63.1 Å². The van der Waals surface area contributed by atoms with Gasteiger partial charge in [0.05, 0.1) is 11.2 Å². The van der Waals surface area contributed by atoms with E-state index in [1.54, 1.807) is 30.3 Å². The Hall–Kier alpha value is -2.67. The van der Waals surface area contributed by atoms with Gasteiger partial charge in [-0.05, 0) is 80.9 Å². The van der Waals surface area contributed by atoms with Crippen molar-refractivity contribution >= 4 is 39.3 Å². The third kappa shape index (κ3) is 5.90. The van der Waals surface area contributed by atoms with Gasteiger partial charge < -0.3 is 5.32 Å². The molecule has 2 aromatic rings. The van der Waals surface area contributed by atoms with Gasteiger partial charge in [-0.3, -0.25) is 19.8 Å². The lowest BCUT2D eigenvalue weighted by molar-refractivity contribution is -0.114. The van der Waals surface area contributed by atoms with Gasteiger partial charge in [0.25, 0.3) is 11.8 Å². The van der Waals surface area contributed by atoms with Crippen molar-refractivity contribution < 1.29 is 14.4 Å². The highest BCUT2D eigenvalue weighted by Gasteiger charge is 2.30. The number of benzene rings is 2. The number of aryl methyl sites for hydroxylation is 2. The van der Waals surface area contributed by atoms with Gasteiger partial charge in [0.2, 0.25) is 5.91 Å². The lowest BCUT2D eigenvalue weighted by atomic mass is 10.0. The normalized spacial score (nSPS) is 11.0. The Morgan fingerprint density at radius 3 is 2.00 bits per heavy atom. The zero-order chi connectivity index (χ0) is 21.9. The van der Waals surface area contributed by atoms with Crippen LogP contribution in [0.3, 0.4) is 0 Å². The maximum absolute atomic E-state index is 13.2. The zero-order valence-electron chi connectivity index (χ0n) is 17.5. The van der Waals surface area contributed by atoms with E-state index in [9.17, 15) is 14.4 Å². The van der Waals surface area contributed by atoms with Gasteiger partial charge in [-0.25, -0.2) is 5.01 Å². The summed E-state index contributed by atoms with van der Waals surface area (Å²) in [5, 5.41) is 4.02. The molecule has 29 heavy (non-hydrogen) atoms. The van der Waals surface area contributed by atoms with Gasteiger partial charge in [0.1, 0.15) is 0 Å². The SMILES string of the molecule is CC(=O)Nc1ccc(C(=O)NN(C(=O)c2cc(C)cc(C)c2)C(C)(C)C)cc1Br. The van der Waals surface area contributed by atoms with E-state index in [2.05, 4.69) is 26.7 Å². The fourth-order valence-electron chi connectivity index (χ4n) is 2.86. The number of anilines is 1. The largest absolute Gasteiger partial charge is 0.325 e. The summed E-state index contributed by atoms with van der Waals surface area (Å²) in [4.78, 5) is 37.2. The molecule has 0 aromatic heterocycles. The number of nitrogens with one attached hydrogen (secondary N) is 2. The molecule has 0 saturated carbocycles. The molecule has 2 N–H and O–H groups in total. The van der Waals surface area contributed by atoms with Crippen molar-refractivity contribution in [3.63, 3.8) is 0 Å². The van der Waals surface area contributed by atoms with E-state index in [0.717, 1.165) is 11.1 Å². The second kappa shape index (κ2) is 8.78. The van der Waals surface area contributed by atoms with Crippen molar-refractivity contribution in [1.29, 1.82) is 0 Å². The highest BCUT2D eigenvalue weighted by atomic mass is 79.9. The van der Waals surface area contributed by atoms with Gasteiger partial charge >= 0.3 is 0 Å². The first-order chi connectivity index (χ1) is 13.4. The number of hydrazine groups is 1. The van der Waals surface area contributed by atoms with Crippen molar-refractivity contribution in [1.82, 2.24) is 10.4 Å². The average molecular weight is 460 g/mol. The van der Waals surface area contributed by atoms with Crippen LogP contribution < -0.4 is 10.7 Å². The van der Waals surface area contributed by atoms with Gasteiger partial charge in [0, 0.05) is 22.5 Å². The van der Waals surface area contributed by atoms with Crippen LogP contribution in [0.1, 0.15) is 59.5 Å². The number of nitrogens with zero attached hydrogens (tertiary/aromatic N) is 1. The molecule has 7 heteroatoms. The van der Waals surface area contributed by atoms with E-state index < -0.39 is 11.4 Å². The summed E-state index contributed by atoms with van der Waals surface area (Å²) >= 11 is 3.36. The molecular weight excluding hydrogens is 434 g/mol. The molecule has 0 bridgehead atoms. The van der Waals surface area contributed by atoms with E-state index in [4.69, 9.17) is 0 Å². The number of rotatable bonds is 3. The van der Waals surface area contributed by atoms with Crippen molar-refractivity contribution in [3.8, 4) is 0 Å². The topological polar surface area (TPSA) is 78.5 Å². The molecule has 2 aromatic carbocycles. The maximum atomic E-state index is 13.2. The minimum absolute atomic E-state index is 0.208. The molecule has 0 spiro atoms. The first-order valence-corrected chi connectivity index (χ1v) is 9.99. The number of hydrogen-bond donors (Lipinski definition) is 2. The smallest absolute Gasteiger partial charge is 0.272 e. The molecule has 0 unspecified atom stereocenters. The van der Waals surface area contributed by atoms with Crippen LogP contribution in [-0.4, -0.2) is 28.3 Å². The summed E-state index contributed by atoms with van der Waals surface area (Å²) in [6.07, 6.45) is 0. The zero-order valence-corrected chi connectivity index (χ0v) is 19.1. The number of carbonyl (C=O) groups excluding carboxylic acids is 3. The molecule has 0 heterocycles. The second-order valence-electron chi connectivity index (χ2n) is 8.00. The molecular formula is C22H26BrN3O3. The van der Waals surface area contributed by atoms with E-state index in [1.807, 2.05) is 40.7 Å². The quantitative estimate of drug-likeness (QED) is 0.657. The van der Waals surface area contributed by atoms with Crippen LogP contribution in [0.5, 0.6) is 0 Å².